The number of nitrogens with zero attached hydrogens (tertiary/aromatic N) is 4. The average molecular weight is 793 g/mol. The number of rotatable bonds is 7. The third-order valence-electron chi connectivity index (χ3n) is 11.9. The Hall–Kier alpha value is -8.41. The Morgan fingerprint density at radius 3 is 1.47 bits per heavy atom. The summed E-state index contributed by atoms with van der Waals surface area (Å²) in [5.41, 5.74) is 14.3. The third kappa shape index (κ3) is 6.06. The number of para-hydroxylation sites is 2. The lowest BCUT2D eigenvalue weighted by atomic mass is 9.90. The van der Waals surface area contributed by atoms with E-state index in [4.69, 9.17) is 19.4 Å². The molecule has 3 heterocycles. The van der Waals surface area contributed by atoms with Crippen LogP contribution < -0.4 is 0 Å². The zero-order chi connectivity index (χ0) is 41.0. The van der Waals surface area contributed by atoms with E-state index < -0.39 is 0 Å². The summed E-state index contributed by atoms with van der Waals surface area (Å²) >= 11 is 0. The summed E-state index contributed by atoms with van der Waals surface area (Å²) in [6.07, 6.45) is 0. The first-order valence-electron chi connectivity index (χ1n) is 20.8. The van der Waals surface area contributed by atoms with Crippen LogP contribution in [-0.4, -0.2) is 19.5 Å². The minimum atomic E-state index is 0.578. The molecule has 290 valence electrons. The van der Waals surface area contributed by atoms with Gasteiger partial charge in [-0.05, 0) is 69.8 Å². The van der Waals surface area contributed by atoms with E-state index in [-0.39, 0.29) is 0 Å². The van der Waals surface area contributed by atoms with Crippen LogP contribution in [0.3, 0.4) is 0 Å². The van der Waals surface area contributed by atoms with Crippen molar-refractivity contribution in [3.63, 3.8) is 0 Å². The lowest BCUT2D eigenvalue weighted by molar-refractivity contribution is 0.669. The smallest absolute Gasteiger partial charge is 0.166 e. The molecular formula is C57H36N4O. The summed E-state index contributed by atoms with van der Waals surface area (Å²) in [6, 6.07) is 76.4. The van der Waals surface area contributed by atoms with Crippen LogP contribution in [0.25, 0.3) is 117 Å². The van der Waals surface area contributed by atoms with Crippen LogP contribution in [0.4, 0.5) is 0 Å². The SMILES string of the molecule is c1ccc(-c2nc(-c3ccccc3)nc(-c3cc(-c4ccc(-c5ccccc5)c(-c5ccccc5)c4)ccc3-n3c4ccccc4c4cc5c(cc43)oc3ccccc35)n2)cc1. The van der Waals surface area contributed by atoms with E-state index in [0.29, 0.717) is 17.5 Å². The molecule has 0 N–H and O–H groups in total. The van der Waals surface area contributed by atoms with Gasteiger partial charge in [-0.15, -0.1) is 0 Å². The van der Waals surface area contributed by atoms with Crippen LogP contribution in [0, 0.1) is 0 Å². The highest BCUT2D eigenvalue weighted by atomic mass is 16.3. The maximum atomic E-state index is 6.51. The largest absolute Gasteiger partial charge is 0.456 e. The van der Waals surface area contributed by atoms with Gasteiger partial charge in [0.2, 0.25) is 0 Å². The van der Waals surface area contributed by atoms with Crippen LogP contribution in [0.2, 0.25) is 0 Å². The quantitative estimate of drug-likeness (QED) is 0.161. The summed E-state index contributed by atoms with van der Waals surface area (Å²) in [5, 5.41) is 4.49. The van der Waals surface area contributed by atoms with E-state index in [1.54, 1.807) is 0 Å². The highest BCUT2D eigenvalue weighted by Crippen LogP contribution is 2.42. The molecule has 5 heteroatoms. The Kier molecular flexibility index (Phi) is 8.42. The average Bonchev–Trinajstić information content (AvgIpc) is 3.88. The molecule has 3 aromatic heterocycles. The molecule has 0 atom stereocenters. The number of hydrogen-bond donors (Lipinski definition) is 0. The second kappa shape index (κ2) is 14.7. The highest BCUT2D eigenvalue weighted by molar-refractivity contribution is 6.17. The lowest BCUT2D eigenvalue weighted by Crippen LogP contribution is -2.04. The molecule has 0 amide bonds. The van der Waals surface area contributed by atoms with Crippen molar-refractivity contribution in [1.29, 1.82) is 0 Å². The molecule has 0 saturated heterocycles. The van der Waals surface area contributed by atoms with E-state index in [1.165, 1.54) is 11.1 Å². The van der Waals surface area contributed by atoms with Crippen molar-refractivity contribution in [3.05, 3.63) is 218 Å². The first-order chi connectivity index (χ1) is 30.7. The fraction of sp³-hybridized carbons (Fsp3) is 0. The van der Waals surface area contributed by atoms with E-state index in [1.807, 2.05) is 48.5 Å². The highest BCUT2D eigenvalue weighted by Gasteiger charge is 2.22. The second-order valence-corrected chi connectivity index (χ2v) is 15.6. The van der Waals surface area contributed by atoms with Crippen molar-refractivity contribution >= 4 is 43.7 Å². The lowest BCUT2D eigenvalue weighted by Gasteiger charge is -2.17. The summed E-state index contributed by atoms with van der Waals surface area (Å²) in [6.45, 7) is 0. The molecule has 9 aromatic carbocycles. The van der Waals surface area contributed by atoms with Gasteiger partial charge in [-0.2, -0.15) is 0 Å². The molecule has 0 aliphatic carbocycles. The van der Waals surface area contributed by atoms with Crippen LogP contribution in [0.5, 0.6) is 0 Å². The van der Waals surface area contributed by atoms with Gasteiger partial charge in [0.25, 0.3) is 0 Å². The first kappa shape index (κ1) is 35.5. The van der Waals surface area contributed by atoms with Gasteiger partial charge in [-0.3, -0.25) is 0 Å². The Morgan fingerprint density at radius 2 is 0.806 bits per heavy atom. The van der Waals surface area contributed by atoms with Gasteiger partial charge in [0.05, 0.1) is 16.7 Å². The molecule has 0 saturated carbocycles. The second-order valence-electron chi connectivity index (χ2n) is 15.6. The van der Waals surface area contributed by atoms with Gasteiger partial charge in [-0.25, -0.2) is 15.0 Å². The first-order valence-corrected chi connectivity index (χ1v) is 20.8. The predicted octanol–water partition coefficient (Wildman–Crippen LogP) is 14.9. The fourth-order valence-electron chi connectivity index (χ4n) is 8.92. The monoisotopic (exact) mass is 792 g/mol. The van der Waals surface area contributed by atoms with Crippen LogP contribution in [0.1, 0.15) is 0 Å². The molecule has 5 nitrogen and oxygen atoms in total. The number of fused-ring (bicyclic) bond motifs is 6. The number of benzene rings is 9. The maximum absolute atomic E-state index is 6.51. The molecule has 0 fully saturated rings. The van der Waals surface area contributed by atoms with Crippen LogP contribution in [-0.2, 0) is 0 Å². The summed E-state index contributed by atoms with van der Waals surface area (Å²) < 4.78 is 8.86. The van der Waals surface area contributed by atoms with Crippen molar-refractivity contribution in [2.75, 3.05) is 0 Å². The number of hydrogen-bond acceptors (Lipinski definition) is 4. The molecule has 0 spiro atoms. The van der Waals surface area contributed by atoms with Crippen molar-refractivity contribution in [2.24, 2.45) is 0 Å². The topological polar surface area (TPSA) is 56.7 Å². The minimum Gasteiger partial charge on any atom is -0.456 e. The molecule has 12 rings (SSSR count). The summed E-state index contributed by atoms with van der Waals surface area (Å²) in [4.78, 5) is 15.7. The van der Waals surface area contributed by atoms with E-state index in [9.17, 15) is 0 Å². The summed E-state index contributed by atoms with van der Waals surface area (Å²) in [5.74, 6) is 1.79. The van der Waals surface area contributed by atoms with E-state index >= 15 is 0 Å². The Morgan fingerprint density at radius 1 is 0.290 bits per heavy atom. The molecule has 0 bridgehead atoms. The maximum Gasteiger partial charge on any atom is 0.166 e. The van der Waals surface area contributed by atoms with Crippen molar-refractivity contribution in [1.82, 2.24) is 19.5 Å². The van der Waals surface area contributed by atoms with Gasteiger partial charge in [0, 0.05) is 44.3 Å². The Bertz CT molecular complexity index is 3560. The Labute approximate surface area is 357 Å². The van der Waals surface area contributed by atoms with Crippen LogP contribution >= 0.6 is 0 Å². The fourth-order valence-corrected chi connectivity index (χ4v) is 8.92. The van der Waals surface area contributed by atoms with Crippen molar-refractivity contribution in [3.8, 4) is 73.2 Å². The predicted molar refractivity (Wildman–Crippen MR) is 254 cm³/mol. The van der Waals surface area contributed by atoms with Gasteiger partial charge in [0.15, 0.2) is 17.5 Å². The van der Waals surface area contributed by atoms with E-state index in [0.717, 1.165) is 88.4 Å². The van der Waals surface area contributed by atoms with E-state index in [2.05, 4.69) is 174 Å². The Balaban J connectivity index is 1.15. The van der Waals surface area contributed by atoms with Crippen molar-refractivity contribution in [2.45, 2.75) is 0 Å². The number of aromatic nitrogens is 4. The van der Waals surface area contributed by atoms with Gasteiger partial charge >= 0.3 is 0 Å². The summed E-state index contributed by atoms with van der Waals surface area (Å²) in [7, 11) is 0. The molecule has 12 aromatic rings. The number of furan rings is 1. The molecule has 0 radical (unpaired) electrons. The standard InChI is InChI=1S/C57H36N4O/c1-5-17-37(18-6-1)43-31-29-41(33-46(43)38-19-7-2-8-20-38)42-30-32-51(49(34-42)57-59-55(39-21-9-3-10-22-39)58-56(60-57)40-23-11-4-12-24-40)61-50-27-15-13-25-44(50)47-35-48-45-26-14-16-28-53(45)62-54(48)36-52(47)61/h1-36H. The van der Waals surface area contributed by atoms with Gasteiger partial charge in [-0.1, -0.05) is 176 Å². The molecular weight excluding hydrogens is 757 g/mol. The molecule has 0 aliphatic heterocycles. The zero-order valence-electron chi connectivity index (χ0n) is 33.5. The van der Waals surface area contributed by atoms with Gasteiger partial charge in [0.1, 0.15) is 11.2 Å². The third-order valence-corrected chi connectivity index (χ3v) is 11.9. The minimum absolute atomic E-state index is 0.578. The normalized spacial score (nSPS) is 11.5. The van der Waals surface area contributed by atoms with Crippen LogP contribution in [0.15, 0.2) is 223 Å². The molecule has 62 heavy (non-hydrogen) atoms. The zero-order valence-corrected chi connectivity index (χ0v) is 33.5. The molecule has 0 aliphatic rings. The van der Waals surface area contributed by atoms with Crippen molar-refractivity contribution < 1.29 is 4.42 Å². The van der Waals surface area contributed by atoms with Gasteiger partial charge < -0.3 is 8.98 Å². The molecule has 0 unspecified atom stereocenters.